The molecule has 3 unspecified atom stereocenters. The fourth-order valence-corrected chi connectivity index (χ4v) is 11.4. The van der Waals surface area contributed by atoms with Crippen molar-refractivity contribution in [2.75, 3.05) is 40.9 Å². The first kappa shape index (κ1) is 84.2. The van der Waals surface area contributed by atoms with Crippen molar-refractivity contribution in [1.29, 1.82) is 0 Å². The topological polar surface area (TPSA) is 111 Å². The number of ether oxygens (including phenoxy) is 1. The molecule has 0 fully saturated rings. The molecule has 0 aromatic carbocycles. The molecule has 0 bridgehead atoms. The van der Waals surface area contributed by atoms with Crippen molar-refractivity contribution >= 4 is 19.7 Å². The highest BCUT2D eigenvalue weighted by Gasteiger charge is 2.30. The molecular weight excluding hydrogens is 1100 g/mol. The highest BCUT2D eigenvalue weighted by molar-refractivity contribution is 7.47. The predicted octanol–water partition coefficient (Wildman–Crippen LogP) is 23.7. The quantitative estimate of drug-likeness (QED) is 0.0205. The Balaban J connectivity index is 5.06. The Morgan fingerprint density at radius 2 is 0.736 bits per heavy atom. The molecule has 0 rings (SSSR count). The molecule has 10 heteroatoms. The van der Waals surface area contributed by atoms with E-state index in [1.54, 1.807) is 0 Å². The molecule has 2 N–H and O–H groups in total. The van der Waals surface area contributed by atoms with Crippen molar-refractivity contribution in [2.24, 2.45) is 0 Å². The third-order valence-electron chi connectivity index (χ3n) is 16.3. The van der Waals surface area contributed by atoms with Crippen molar-refractivity contribution in [3.8, 4) is 0 Å². The monoisotopic (exact) mass is 1240 g/mol. The van der Waals surface area contributed by atoms with Crippen molar-refractivity contribution in [3.05, 3.63) is 85.1 Å². The molecule has 9 nitrogen and oxygen atoms in total. The van der Waals surface area contributed by atoms with E-state index in [1.807, 2.05) is 33.3 Å². The minimum Gasteiger partial charge on any atom is -0.456 e. The van der Waals surface area contributed by atoms with Gasteiger partial charge in [0.2, 0.25) is 5.91 Å². The van der Waals surface area contributed by atoms with Gasteiger partial charge in [-0.1, -0.05) is 312 Å². The largest absolute Gasteiger partial charge is 0.472 e. The molecule has 0 aliphatic rings. The molecular formula is C77H142N2O7P+. The number of carbonyl (C=O) groups excluding carboxylic acids is 2. The van der Waals surface area contributed by atoms with Crippen LogP contribution in [0.15, 0.2) is 85.1 Å². The van der Waals surface area contributed by atoms with Crippen LogP contribution in [0.5, 0.6) is 0 Å². The number of allylic oxidation sites excluding steroid dienone is 13. The van der Waals surface area contributed by atoms with Gasteiger partial charge in [0, 0.05) is 12.8 Å². The van der Waals surface area contributed by atoms with Gasteiger partial charge in [0.25, 0.3) is 0 Å². The van der Waals surface area contributed by atoms with Crippen molar-refractivity contribution in [2.45, 2.75) is 354 Å². The zero-order valence-corrected chi connectivity index (χ0v) is 58.9. The average molecular weight is 1240 g/mol. The van der Waals surface area contributed by atoms with E-state index in [2.05, 4.69) is 99.0 Å². The SMILES string of the molecule is CC/C=C\C/C=C\C/C=C\C/C=C\C/C=C\CCCCCCCC(=O)NC(COP(=O)(O)OCC[N+](C)(C)C)C(/C=C\CCCCCCCCCCCCC)OC(=O)CCCCCCCCCCCCCCCCCCC/C=C/CCCCCCCC. The number of amides is 1. The smallest absolute Gasteiger partial charge is 0.456 e. The third-order valence-corrected chi connectivity index (χ3v) is 17.3. The lowest BCUT2D eigenvalue weighted by molar-refractivity contribution is -0.870. The molecule has 0 saturated carbocycles. The standard InChI is InChI=1S/C77H141N2O7P/c1-7-10-13-16-19-22-25-28-30-32-34-36-37-38-39-40-41-43-45-47-49-52-55-58-61-64-67-70-77(81)86-75(68-65-62-59-56-53-50-27-24-21-18-15-12-9-3)74(73-85-87(82,83)84-72-71-79(4,5)6)78-76(80)69-66-63-60-57-54-51-48-46-44-42-35-33-31-29-26-23-20-17-14-11-8-2/h11,14,20,23,28-31,35,42,46,48,65,68,74-75H,7-10,12-13,15-19,21-22,24-27,32-34,36-41,43-45,47,49-64,66-67,69-73H2,1-6H3,(H-,78,80,82,83)/p+1/b14-11-,23-20-,30-28+,31-29-,42-35-,48-46-,68-65-. The predicted molar refractivity (Wildman–Crippen MR) is 378 cm³/mol. The number of nitrogens with zero attached hydrogens (tertiary/aromatic N) is 1. The molecule has 87 heavy (non-hydrogen) atoms. The Kier molecular flexibility index (Phi) is 64.0. The van der Waals surface area contributed by atoms with Crippen molar-refractivity contribution in [1.82, 2.24) is 5.32 Å². The van der Waals surface area contributed by atoms with Crippen molar-refractivity contribution in [3.63, 3.8) is 0 Å². The zero-order chi connectivity index (χ0) is 63.5. The molecule has 0 aliphatic heterocycles. The summed E-state index contributed by atoms with van der Waals surface area (Å²) in [7, 11) is 1.48. The van der Waals surface area contributed by atoms with Crippen LogP contribution in [0.1, 0.15) is 342 Å². The Bertz CT molecular complexity index is 1760. The van der Waals surface area contributed by atoms with E-state index < -0.39 is 20.0 Å². The second kappa shape index (κ2) is 66.1. The molecule has 0 aliphatic carbocycles. The summed E-state index contributed by atoms with van der Waals surface area (Å²) in [5.41, 5.74) is 0. The van der Waals surface area contributed by atoms with Gasteiger partial charge < -0.3 is 19.4 Å². The lowest BCUT2D eigenvalue weighted by atomic mass is 10.0. The first-order valence-electron chi connectivity index (χ1n) is 36.9. The second-order valence-corrected chi connectivity index (χ2v) is 27.5. The van der Waals surface area contributed by atoms with Gasteiger partial charge in [-0.15, -0.1) is 0 Å². The first-order valence-corrected chi connectivity index (χ1v) is 38.4. The molecule has 0 radical (unpaired) electrons. The number of rotatable bonds is 67. The summed E-state index contributed by atoms with van der Waals surface area (Å²) in [4.78, 5) is 38.0. The number of hydrogen-bond donors (Lipinski definition) is 2. The average Bonchev–Trinajstić information content (AvgIpc) is 3.69. The Morgan fingerprint density at radius 3 is 1.11 bits per heavy atom. The number of quaternary nitrogens is 1. The summed E-state index contributed by atoms with van der Waals surface area (Å²) < 4.78 is 30.9. The van der Waals surface area contributed by atoms with Crippen LogP contribution in [0, 0.1) is 0 Å². The van der Waals surface area contributed by atoms with E-state index in [0.717, 1.165) is 109 Å². The van der Waals surface area contributed by atoms with E-state index in [4.69, 9.17) is 13.8 Å². The Hall–Kier alpha value is -2.81. The number of phosphoric ester groups is 1. The van der Waals surface area contributed by atoms with Crippen LogP contribution in [-0.2, 0) is 27.9 Å². The second-order valence-electron chi connectivity index (χ2n) is 26.1. The van der Waals surface area contributed by atoms with E-state index in [1.165, 1.54) is 199 Å². The summed E-state index contributed by atoms with van der Waals surface area (Å²) in [6.07, 6.45) is 88.9. The van der Waals surface area contributed by atoms with Gasteiger partial charge in [-0.05, 0) is 102 Å². The maximum atomic E-state index is 13.6. The number of nitrogens with one attached hydrogen (secondary N) is 1. The van der Waals surface area contributed by atoms with Crippen LogP contribution in [0.4, 0.5) is 0 Å². The van der Waals surface area contributed by atoms with E-state index in [9.17, 15) is 19.0 Å². The van der Waals surface area contributed by atoms with Crippen LogP contribution in [0.3, 0.4) is 0 Å². The lowest BCUT2D eigenvalue weighted by Gasteiger charge is -2.27. The maximum absolute atomic E-state index is 13.6. The summed E-state index contributed by atoms with van der Waals surface area (Å²) in [5.74, 6) is -0.517. The number of unbranched alkanes of at least 4 members (excludes halogenated alkanes) is 39. The fraction of sp³-hybridized carbons (Fsp3) is 0.792. The van der Waals surface area contributed by atoms with Gasteiger partial charge in [-0.25, -0.2) is 4.57 Å². The minimum atomic E-state index is -4.47. The fourth-order valence-electron chi connectivity index (χ4n) is 10.7. The Morgan fingerprint density at radius 1 is 0.414 bits per heavy atom. The molecule has 0 saturated heterocycles. The van der Waals surface area contributed by atoms with Gasteiger partial charge in [-0.2, -0.15) is 0 Å². The minimum absolute atomic E-state index is 0.0341. The van der Waals surface area contributed by atoms with Gasteiger partial charge in [-0.3, -0.25) is 18.6 Å². The number of esters is 1. The van der Waals surface area contributed by atoms with Crippen LogP contribution in [0.25, 0.3) is 0 Å². The van der Waals surface area contributed by atoms with Gasteiger partial charge >= 0.3 is 13.8 Å². The van der Waals surface area contributed by atoms with Crippen LogP contribution in [0.2, 0.25) is 0 Å². The van der Waals surface area contributed by atoms with Gasteiger partial charge in [0.05, 0.1) is 33.8 Å². The molecule has 0 heterocycles. The molecule has 0 aromatic rings. The summed E-state index contributed by atoms with van der Waals surface area (Å²) in [6.45, 7) is 6.92. The number of likely N-dealkylation sites (N-methyl/N-ethyl adjacent to an activating group) is 1. The summed E-state index contributed by atoms with van der Waals surface area (Å²) in [5, 5.41) is 3.06. The summed E-state index contributed by atoms with van der Waals surface area (Å²) in [6, 6.07) is -0.863. The number of phosphoric acid groups is 1. The van der Waals surface area contributed by atoms with Crippen LogP contribution in [-0.4, -0.2) is 74.3 Å². The molecule has 0 aromatic heterocycles. The summed E-state index contributed by atoms with van der Waals surface area (Å²) >= 11 is 0. The zero-order valence-electron chi connectivity index (χ0n) is 58.0. The van der Waals surface area contributed by atoms with E-state index in [0.29, 0.717) is 17.4 Å². The normalized spacial score (nSPS) is 14.0. The van der Waals surface area contributed by atoms with Crippen molar-refractivity contribution < 1.29 is 37.3 Å². The van der Waals surface area contributed by atoms with E-state index in [-0.39, 0.29) is 31.5 Å². The van der Waals surface area contributed by atoms with E-state index >= 15 is 0 Å². The molecule has 506 valence electrons. The Labute approximate surface area is 539 Å². The first-order chi connectivity index (χ1) is 42.4. The highest BCUT2D eigenvalue weighted by Crippen LogP contribution is 2.43. The molecule has 1 amide bonds. The van der Waals surface area contributed by atoms with Crippen LogP contribution < -0.4 is 5.32 Å². The number of hydrogen-bond acceptors (Lipinski definition) is 6. The third kappa shape index (κ3) is 67.4. The number of carbonyl (C=O) groups is 2. The highest BCUT2D eigenvalue weighted by atomic mass is 31.2. The maximum Gasteiger partial charge on any atom is 0.472 e. The molecule has 3 atom stereocenters. The molecule has 0 spiro atoms. The van der Waals surface area contributed by atoms with Gasteiger partial charge in [0.1, 0.15) is 19.3 Å². The van der Waals surface area contributed by atoms with Crippen LogP contribution >= 0.6 is 7.82 Å². The lowest BCUT2D eigenvalue weighted by Crippen LogP contribution is -2.47. The van der Waals surface area contributed by atoms with Gasteiger partial charge in [0.15, 0.2) is 0 Å².